The molecule has 1 nitrogen and oxygen atoms in total. The SMILES string of the molecule is CC(C)=C1CC(C)C(=C\SCc2ccc(Cl)cc2)/C(=N/c2ccc(C)cc2)S1. The number of aryl methyl sites for hydroxylation is 1. The summed E-state index contributed by atoms with van der Waals surface area (Å²) in [7, 11) is 0. The quantitative estimate of drug-likeness (QED) is 0.484. The lowest BCUT2D eigenvalue weighted by molar-refractivity contribution is 0.710. The topological polar surface area (TPSA) is 12.4 Å². The predicted octanol–water partition coefficient (Wildman–Crippen LogP) is 8.56. The minimum Gasteiger partial charge on any atom is -0.241 e. The largest absolute Gasteiger partial charge is 0.241 e. The second-order valence-corrected chi connectivity index (χ2v) is 9.77. The van der Waals surface area contributed by atoms with Crippen LogP contribution in [0.15, 0.2) is 75.0 Å². The van der Waals surface area contributed by atoms with E-state index in [9.17, 15) is 0 Å². The highest BCUT2D eigenvalue weighted by Gasteiger charge is 2.25. The van der Waals surface area contributed by atoms with Gasteiger partial charge in [0, 0.05) is 10.8 Å². The third-order valence-corrected chi connectivity index (χ3v) is 7.20. The fourth-order valence-corrected chi connectivity index (χ4v) is 5.41. The van der Waals surface area contributed by atoms with Gasteiger partial charge in [-0.25, -0.2) is 4.99 Å². The first kappa shape index (κ1) is 21.3. The molecule has 28 heavy (non-hydrogen) atoms. The van der Waals surface area contributed by atoms with Crippen LogP contribution >= 0.6 is 35.1 Å². The van der Waals surface area contributed by atoms with Crippen molar-refractivity contribution in [1.29, 1.82) is 0 Å². The van der Waals surface area contributed by atoms with E-state index in [1.165, 1.54) is 27.2 Å². The summed E-state index contributed by atoms with van der Waals surface area (Å²) in [5.41, 5.74) is 6.29. The third-order valence-electron chi connectivity index (χ3n) is 4.69. The van der Waals surface area contributed by atoms with Crippen LogP contribution in [0.5, 0.6) is 0 Å². The van der Waals surface area contributed by atoms with Gasteiger partial charge in [0.15, 0.2) is 0 Å². The maximum Gasteiger partial charge on any atom is 0.105 e. The smallest absolute Gasteiger partial charge is 0.105 e. The molecule has 1 saturated heterocycles. The molecule has 1 heterocycles. The van der Waals surface area contributed by atoms with E-state index < -0.39 is 0 Å². The van der Waals surface area contributed by atoms with Gasteiger partial charge in [-0.2, -0.15) is 0 Å². The minimum atomic E-state index is 0.466. The molecule has 0 amide bonds. The molecule has 4 heteroatoms. The number of halogens is 1. The molecule has 0 N–H and O–H groups in total. The second kappa shape index (κ2) is 9.87. The number of aliphatic imine (C=N–C) groups is 1. The predicted molar refractivity (Wildman–Crippen MR) is 129 cm³/mol. The molecule has 1 aliphatic heterocycles. The van der Waals surface area contributed by atoms with Crippen molar-refractivity contribution in [2.75, 3.05) is 0 Å². The van der Waals surface area contributed by atoms with Crippen molar-refractivity contribution >= 4 is 45.9 Å². The zero-order chi connectivity index (χ0) is 20.1. The van der Waals surface area contributed by atoms with Crippen molar-refractivity contribution in [2.45, 2.75) is 39.9 Å². The van der Waals surface area contributed by atoms with Gasteiger partial charge in [0.25, 0.3) is 0 Å². The van der Waals surface area contributed by atoms with Gasteiger partial charge in [0.1, 0.15) is 5.04 Å². The maximum atomic E-state index is 5.99. The minimum absolute atomic E-state index is 0.466. The van der Waals surface area contributed by atoms with Crippen molar-refractivity contribution in [2.24, 2.45) is 10.9 Å². The van der Waals surface area contributed by atoms with Gasteiger partial charge in [-0.1, -0.05) is 65.7 Å². The van der Waals surface area contributed by atoms with Gasteiger partial charge in [0.2, 0.25) is 0 Å². The molecule has 0 bridgehead atoms. The molecule has 146 valence electrons. The van der Waals surface area contributed by atoms with E-state index in [1.807, 2.05) is 35.7 Å². The Hall–Kier alpha value is -1.42. The number of hydrogen-bond donors (Lipinski definition) is 0. The van der Waals surface area contributed by atoms with E-state index in [2.05, 4.69) is 69.5 Å². The van der Waals surface area contributed by atoms with Crippen molar-refractivity contribution < 1.29 is 0 Å². The first-order valence-corrected chi connectivity index (χ1v) is 11.7. The summed E-state index contributed by atoms with van der Waals surface area (Å²) in [5.74, 6) is 1.40. The Kier molecular flexibility index (Phi) is 7.50. The van der Waals surface area contributed by atoms with E-state index >= 15 is 0 Å². The zero-order valence-electron chi connectivity index (χ0n) is 16.8. The molecular weight excluding hydrogens is 402 g/mol. The number of hydrogen-bond acceptors (Lipinski definition) is 3. The Morgan fingerprint density at radius 1 is 1.14 bits per heavy atom. The van der Waals surface area contributed by atoms with E-state index in [-0.39, 0.29) is 0 Å². The molecule has 2 aromatic carbocycles. The lowest BCUT2D eigenvalue weighted by Crippen LogP contribution is -2.15. The summed E-state index contributed by atoms with van der Waals surface area (Å²) in [6.45, 7) is 8.81. The van der Waals surface area contributed by atoms with Crippen molar-refractivity contribution in [3.05, 3.63) is 86.1 Å². The van der Waals surface area contributed by atoms with E-state index in [0.29, 0.717) is 5.92 Å². The van der Waals surface area contributed by atoms with Crippen LogP contribution in [0.4, 0.5) is 5.69 Å². The van der Waals surface area contributed by atoms with Crippen molar-refractivity contribution in [3.8, 4) is 0 Å². The average molecular weight is 428 g/mol. The highest BCUT2D eigenvalue weighted by Crippen LogP contribution is 2.42. The van der Waals surface area contributed by atoms with Gasteiger partial charge in [-0.05, 0) is 78.8 Å². The third kappa shape index (κ3) is 5.79. The van der Waals surface area contributed by atoms with Crippen LogP contribution in [0.2, 0.25) is 5.02 Å². The molecule has 1 atom stereocenters. The second-order valence-electron chi connectivity index (χ2n) is 7.39. The van der Waals surface area contributed by atoms with Gasteiger partial charge < -0.3 is 0 Å². The molecule has 0 spiro atoms. The Morgan fingerprint density at radius 3 is 2.46 bits per heavy atom. The molecule has 3 rings (SSSR count). The van der Waals surface area contributed by atoms with Crippen molar-refractivity contribution in [3.63, 3.8) is 0 Å². The summed E-state index contributed by atoms with van der Waals surface area (Å²) < 4.78 is 0. The molecule has 0 aliphatic carbocycles. The monoisotopic (exact) mass is 427 g/mol. The normalized spacial score (nSPS) is 20.0. The molecule has 1 unspecified atom stereocenters. The summed E-state index contributed by atoms with van der Waals surface area (Å²) >= 11 is 9.65. The van der Waals surface area contributed by atoms with Crippen LogP contribution in [-0.2, 0) is 5.75 Å². The number of benzene rings is 2. The van der Waals surface area contributed by atoms with E-state index in [1.54, 1.807) is 0 Å². The van der Waals surface area contributed by atoms with Crippen molar-refractivity contribution in [1.82, 2.24) is 0 Å². The number of allylic oxidation sites excluding steroid dienone is 2. The molecule has 1 fully saturated rings. The molecule has 0 saturated carbocycles. The lowest BCUT2D eigenvalue weighted by Gasteiger charge is -2.26. The molecule has 0 radical (unpaired) electrons. The maximum absolute atomic E-state index is 5.99. The number of thioether (sulfide) groups is 2. The fourth-order valence-electron chi connectivity index (χ4n) is 2.92. The summed E-state index contributed by atoms with van der Waals surface area (Å²) in [5, 5.41) is 4.22. The summed E-state index contributed by atoms with van der Waals surface area (Å²) in [4.78, 5) is 6.45. The highest BCUT2D eigenvalue weighted by atomic mass is 35.5. The Labute approximate surface area is 182 Å². The molecule has 1 aliphatic rings. The van der Waals surface area contributed by atoms with E-state index in [4.69, 9.17) is 16.6 Å². The standard InChI is InChI=1S/C24H26ClNS2/c1-16(2)23-13-18(4)22(15-27-14-19-7-9-20(25)10-8-19)24(28-23)26-21-11-5-17(3)6-12-21/h5-12,15,18H,13-14H2,1-4H3/b22-15+,26-24-. The van der Waals surface area contributed by atoms with Crippen LogP contribution in [0.3, 0.4) is 0 Å². The van der Waals surface area contributed by atoms with Crippen LogP contribution < -0.4 is 0 Å². The highest BCUT2D eigenvalue weighted by molar-refractivity contribution is 8.17. The molecule has 2 aromatic rings. The van der Waals surface area contributed by atoms with Crippen LogP contribution in [0, 0.1) is 12.8 Å². The average Bonchev–Trinajstić information content (AvgIpc) is 2.67. The van der Waals surface area contributed by atoms with Crippen LogP contribution in [0.25, 0.3) is 0 Å². The summed E-state index contributed by atoms with van der Waals surface area (Å²) in [6, 6.07) is 16.5. The Bertz CT molecular complexity index is 905. The Balaban J connectivity index is 1.85. The molecule has 0 aromatic heterocycles. The van der Waals surface area contributed by atoms with Crippen LogP contribution in [0.1, 0.15) is 38.3 Å². The first-order valence-electron chi connectivity index (χ1n) is 9.48. The fraction of sp³-hybridized carbons (Fsp3) is 0.292. The molecular formula is C24H26ClNS2. The van der Waals surface area contributed by atoms with Gasteiger partial charge >= 0.3 is 0 Å². The van der Waals surface area contributed by atoms with Gasteiger partial charge in [-0.15, -0.1) is 11.8 Å². The number of rotatable bonds is 4. The van der Waals surface area contributed by atoms with E-state index in [0.717, 1.165) is 27.9 Å². The van der Waals surface area contributed by atoms with Gasteiger partial charge in [0.05, 0.1) is 5.69 Å². The zero-order valence-corrected chi connectivity index (χ0v) is 19.2. The first-order chi connectivity index (χ1) is 13.4. The summed E-state index contributed by atoms with van der Waals surface area (Å²) in [6.07, 6.45) is 1.09. The van der Waals surface area contributed by atoms with Gasteiger partial charge in [-0.3, -0.25) is 0 Å². The number of nitrogens with zero attached hydrogens (tertiary/aromatic N) is 1. The Morgan fingerprint density at radius 2 is 1.82 bits per heavy atom. The van der Waals surface area contributed by atoms with Crippen LogP contribution in [-0.4, -0.2) is 5.04 Å². The lowest BCUT2D eigenvalue weighted by atomic mass is 9.97.